The minimum Gasteiger partial charge on any atom is -0.463 e. The molecule has 0 saturated carbocycles. The number of nitro benzene ring substituents is 1. The second-order valence-electron chi connectivity index (χ2n) is 4.65. The van der Waals surface area contributed by atoms with E-state index in [1.54, 1.807) is 0 Å². The number of non-ortho nitro benzene ring substituents is 1. The van der Waals surface area contributed by atoms with Crippen molar-refractivity contribution < 1.29 is 29.7 Å². The minimum atomic E-state index is -1.32. The smallest absolute Gasteiger partial charge is 0.269 e. The number of nitro groups is 1. The van der Waals surface area contributed by atoms with Gasteiger partial charge in [-0.3, -0.25) is 10.1 Å². The number of nitrogens with zero attached hydrogens (tertiary/aromatic N) is 1. The Bertz CT molecular complexity index is 493. The van der Waals surface area contributed by atoms with E-state index in [0.29, 0.717) is 0 Å². The highest BCUT2D eigenvalue weighted by atomic mass is 16.7. The molecule has 116 valence electrons. The molecule has 2 rings (SSSR count). The third-order valence-corrected chi connectivity index (χ3v) is 3.23. The summed E-state index contributed by atoms with van der Waals surface area (Å²) < 4.78 is 10.7. The van der Waals surface area contributed by atoms with Gasteiger partial charge in [0.2, 0.25) is 6.29 Å². The van der Waals surface area contributed by atoms with E-state index in [4.69, 9.17) is 20.3 Å². The van der Waals surface area contributed by atoms with Crippen LogP contribution in [0, 0.1) is 10.1 Å². The Kier molecular flexibility index (Phi) is 4.70. The van der Waals surface area contributed by atoms with Gasteiger partial charge in [0.25, 0.3) is 5.69 Å². The second-order valence-corrected chi connectivity index (χ2v) is 4.65. The van der Waals surface area contributed by atoms with Gasteiger partial charge in [-0.15, -0.1) is 0 Å². The largest absolute Gasteiger partial charge is 0.463 e. The van der Waals surface area contributed by atoms with E-state index >= 15 is 0 Å². The van der Waals surface area contributed by atoms with Gasteiger partial charge >= 0.3 is 0 Å². The van der Waals surface area contributed by atoms with Crippen LogP contribution >= 0.6 is 0 Å². The number of nitrogens with two attached hydrogens (primary N) is 1. The summed E-state index contributed by atoms with van der Waals surface area (Å²) in [5.74, 6) is 0.251. The molecule has 1 heterocycles. The summed E-state index contributed by atoms with van der Waals surface area (Å²) >= 11 is 0. The molecule has 0 unspecified atom stereocenters. The van der Waals surface area contributed by atoms with Crippen molar-refractivity contribution in [1.82, 2.24) is 0 Å². The highest BCUT2D eigenvalue weighted by molar-refractivity contribution is 5.36. The van der Waals surface area contributed by atoms with Crippen LogP contribution in [0.3, 0.4) is 0 Å². The van der Waals surface area contributed by atoms with Gasteiger partial charge in [-0.05, 0) is 12.1 Å². The Hall–Kier alpha value is -1.78. The number of rotatable bonds is 4. The van der Waals surface area contributed by atoms with Gasteiger partial charge in [0.05, 0.1) is 17.6 Å². The van der Waals surface area contributed by atoms with Crippen molar-refractivity contribution in [1.29, 1.82) is 0 Å². The van der Waals surface area contributed by atoms with Crippen LogP contribution in [-0.4, -0.2) is 57.5 Å². The van der Waals surface area contributed by atoms with Gasteiger partial charge < -0.3 is 30.5 Å². The summed E-state index contributed by atoms with van der Waals surface area (Å²) in [5.41, 5.74) is 5.61. The topological polar surface area (TPSA) is 148 Å². The molecule has 0 amide bonds. The summed E-state index contributed by atoms with van der Waals surface area (Å²) in [6.45, 7) is -0.509. The number of benzene rings is 1. The van der Waals surface area contributed by atoms with Gasteiger partial charge in [-0.25, -0.2) is 0 Å². The molecular weight excluding hydrogens is 284 g/mol. The zero-order chi connectivity index (χ0) is 15.6. The van der Waals surface area contributed by atoms with E-state index in [9.17, 15) is 20.3 Å². The third-order valence-electron chi connectivity index (χ3n) is 3.23. The maximum atomic E-state index is 10.5. The van der Waals surface area contributed by atoms with Crippen LogP contribution in [0.15, 0.2) is 24.3 Å². The van der Waals surface area contributed by atoms with Crippen molar-refractivity contribution in [2.24, 2.45) is 5.73 Å². The molecule has 1 fully saturated rings. The number of ether oxygens (including phenoxy) is 2. The molecule has 5 atom stereocenters. The van der Waals surface area contributed by atoms with Crippen LogP contribution in [0.4, 0.5) is 5.69 Å². The first kappa shape index (κ1) is 15.6. The van der Waals surface area contributed by atoms with Crippen LogP contribution in [0.1, 0.15) is 0 Å². The van der Waals surface area contributed by atoms with E-state index in [1.807, 2.05) is 0 Å². The molecule has 9 heteroatoms. The molecule has 0 bridgehead atoms. The highest BCUT2D eigenvalue weighted by Crippen LogP contribution is 2.24. The first-order valence-corrected chi connectivity index (χ1v) is 6.23. The lowest BCUT2D eigenvalue weighted by molar-refractivity contribution is -0.384. The predicted molar refractivity (Wildman–Crippen MR) is 69.5 cm³/mol. The van der Waals surface area contributed by atoms with E-state index < -0.39 is 42.2 Å². The Morgan fingerprint density at radius 2 is 1.90 bits per heavy atom. The SMILES string of the molecule is N[C@H]1[C@@H](Oc2ccc([N+](=O)[O-])cc2)O[C@H](CO)[C@H](O)[C@@H]1O. The molecular formula is C12H16N2O7. The van der Waals surface area contributed by atoms with E-state index in [2.05, 4.69) is 0 Å². The fourth-order valence-corrected chi connectivity index (χ4v) is 1.99. The predicted octanol–water partition coefficient (Wildman–Crippen LogP) is -1.26. The minimum absolute atomic E-state index is 0.0973. The molecule has 0 aromatic heterocycles. The van der Waals surface area contributed by atoms with Gasteiger partial charge in [0.1, 0.15) is 24.1 Å². The van der Waals surface area contributed by atoms with Crippen LogP contribution in [-0.2, 0) is 4.74 Å². The molecule has 1 saturated heterocycles. The number of aliphatic hydroxyl groups excluding tert-OH is 3. The van der Waals surface area contributed by atoms with Crippen LogP contribution in [0.25, 0.3) is 0 Å². The monoisotopic (exact) mass is 300 g/mol. The van der Waals surface area contributed by atoms with E-state index in [0.717, 1.165) is 0 Å². The fourth-order valence-electron chi connectivity index (χ4n) is 1.99. The Labute approximate surface area is 119 Å². The van der Waals surface area contributed by atoms with E-state index in [-0.39, 0.29) is 11.4 Å². The summed E-state index contributed by atoms with van der Waals surface area (Å²) in [7, 11) is 0. The quantitative estimate of drug-likeness (QED) is 0.397. The molecule has 0 spiro atoms. The zero-order valence-corrected chi connectivity index (χ0v) is 10.9. The normalized spacial score (nSPS) is 32.7. The van der Waals surface area contributed by atoms with Crippen molar-refractivity contribution in [3.63, 3.8) is 0 Å². The lowest BCUT2D eigenvalue weighted by Crippen LogP contribution is -2.63. The highest BCUT2D eigenvalue weighted by Gasteiger charge is 2.43. The molecule has 0 radical (unpaired) electrons. The lowest BCUT2D eigenvalue weighted by atomic mass is 9.98. The fraction of sp³-hybridized carbons (Fsp3) is 0.500. The third kappa shape index (κ3) is 3.28. The van der Waals surface area contributed by atoms with Crippen LogP contribution < -0.4 is 10.5 Å². The molecule has 1 aromatic rings. The van der Waals surface area contributed by atoms with Crippen molar-refractivity contribution in [2.75, 3.05) is 6.61 Å². The summed E-state index contributed by atoms with van der Waals surface area (Å²) in [6, 6.07) is 4.19. The standard InChI is InChI=1S/C12H16N2O7/c13-9-11(17)10(16)8(5-15)21-12(9)20-7-3-1-6(2-4-7)14(18)19/h1-4,8-12,15-17H,5,13H2/t8-,9-,10+,11-,12+/m1/s1. The summed E-state index contributed by atoms with van der Waals surface area (Å²) in [6.07, 6.45) is -4.76. The van der Waals surface area contributed by atoms with Crippen LogP contribution in [0.2, 0.25) is 0 Å². The van der Waals surface area contributed by atoms with Crippen molar-refractivity contribution >= 4 is 5.69 Å². The molecule has 1 aromatic carbocycles. The Morgan fingerprint density at radius 1 is 1.29 bits per heavy atom. The lowest BCUT2D eigenvalue weighted by Gasteiger charge is -2.40. The Morgan fingerprint density at radius 3 is 2.43 bits per heavy atom. The second kappa shape index (κ2) is 6.33. The van der Waals surface area contributed by atoms with Gasteiger partial charge in [-0.2, -0.15) is 0 Å². The zero-order valence-electron chi connectivity index (χ0n) is 10.9. The van der Waals surface area contributed by atoms with Gasteiger partial charge in [0.15, 0.2) is 0 Å². The first-order valence-electron chi connectivity index (χ1n) is 6.23. The van der Waals surface area contributed by atoms with E-state index in [1.165, 1.54) is 24.3 Å². The molecule has 1 aliphatic heterocycles. The maximum absolute atomic E-state index is 10.5. The number of aliphatic hydroxyl groups is 3. The molecule has 1 aliphatic rings. The molecule has 9 nitrogen and oxygen atoms in total. The van der Waals surface area contributed by atoms with Crippen molar-refractivity contribution in [2.45, 2.75) is 30.6 Å². The summed E-state index contributed by atoms with van der Waals surface area (Å²) in [4.78, 5) is 10.00. The molecule has 21 heavy (non-hydrogen) atoms. The molecule has 5 N–H and O–H groups in total. The number of hydrogen-bond acceptors (Lipinski definition) is 8. The molecule has 0 aliphatic carbocycles. The van der Waals surface area contributed by atoms with Gasteiger partial charge in [-0.1, -0.05) is 0 Å². The average molecular weight is 300 g/mol. The number of hydrogen-bond donors (Lipinski definition) is 4. The van der Waals surface area contributed by atoms with Crippen molar-refractivity contribution in [3.8, 4) is 5.75 Å². The van der Waals surface area contributed by atoms with Crippen molar-refractivity contribution in [3.05, 3.63) is 34.4 Å². The van der Waals surface area contributed by atoms with Gasteiger partial charge in [0, 0.05) is 12.1 Å². The summed E-state index contributed by atoms with van der Waals surface area (Å²) in [5, 5.41) is 39.0. The van der Waals surface area contributed by atoms with Crippen LogP contribution in [0.5, 0.6) is 5.75 Å². The average Bonchev–Trinajstić information content (AvgIpc) is 2.48. The first-order chi connectivity index (χ1) is 9.93. The maximum Gasteiger partial charge on any atom is 0.269 e. The Balaban J connectivity index is 2.08.